The zero-order chi connectivity index (χ0) is 16.2. The Bertz CT molecular complexity index is 659. The van der Waals surface area contributed by atoms with Gasteiger partial charge in [0.25, 0.3) is 0 Å². The lowest BCUT2D eigenvalue weighted by atomic mass is 10.2. The Balaban J connectivity index is 1.82. The van der Waals surface area contributed by atoms with E-state index in [1.54, 1.807) is 25.6 Å². The molecule has 1 aliphatic heterocycles. The van der Waals surface area contributed by atoms with Crippen molar-refractivity contribution in [3.8, 4) is 22.1 Å². The molecule has 0 radical (unpaired) electrons. The number of hydrogen-bond donors (Lipinski definition) is 1. The van der Waals surface area contributed by atoms with E-state index in [1.807, 2.05) is 18.2 Å². The first-order valence-electron chi connectivity index (χ1n) is 7.83. The molecule has 1 aromatic carbocycles. The molecule has 1 aromatic heterocycles. The van der Waals surface area contributed by atoms with Gasteiger partial charge >= 0.3 is 0 Å². The molecular formula is C17H23N3O2S. The van der Waals surface area contributed by atoms with Crippen LogP contribution >= 0.6 is 11.3 Å². The van der Waals surface area contributed by atoms with Gasteiger partial charge in [-0.25, -0.2) is 4.98 Å². The molecule has 2 aromatic rings. The Morgan fingerprint density at radius 3 is 2.96 bits per heavy atom. The third-order valence-corrected chi connectivity index (χ3v) is 5.11. The summed E-state index contributed by atoms with van der Waals surface area (Å²) in [6.07, 6.45) is 0. The number of thiazole rings is 1. The molecule has 6 heteroatoms. The fourth-order valence-corrected chi connectivity index (χ4v) is 3.72. The molecule has 0 spiro atoms. The molecule has 0 unspecified atom stereocenters. The van der Waals surface area contributed by atoms with Gasteiger partial charge in [0, 0.05) is 37.6 Å². The van der Waals surface area contributed by atoms with Gasteiger partial charge in [0.1, 0.15) is 5.01 Å². The minimum absolute atomic E-state index is 0.542. The molecule has 2 heterocycles. The highest BCUT2D eigenvalue weighted by Crippen LogP contribution is 2.39. The molecular weight excluding hydrogens is 310 g/mol. The van der Waals surface area contributed by atoms with Gasteiger partial charge in [-0.1, -0.05) is 6.07 Å². The molecule has 3 rings (SSSR count). The highest BCUT2D eigenvalue weighted by Gasteiger charge is 2.20. The molecule has 23 heavy (non-hydrogen) atoms. The SMILES string of the molecule is COc1cccc(-c2nc(CN3CCNC[C@H]3C)cs2)c1OC. The molecule has 0 bridgehead atoms. The average Bonchev–Trinajstić information content (AvgIpc) is 3.04. The third kappa shape index (κ3) is 3.49. The summed E-state index contributed by atoms with van der Waals surface area (Å²) >= 11 is 1.65. The molecule has 1 aliphatic rings. The van der Waals surface area contributed by atoms with Crippen molar-refractivity contribution in [1.29, 1.82) is 0 Å². The predicted octanol–water partition coefficient (Wildman–Crippen LogP) is 2.62. The molecule has 1 fully saturated rings. The topological polar surface area (TPSA) is 46.6 Å². The Kier molecular flexibility index (Phi) is 5.15. The van der Waals surface area contributed by atoms with Crippen LogP contribution in [0.15, 0.2) is 23.6 Å². The molecule has 1 atom stereocenters. The lowest BCUT2D eigenvalue weighted by Gasteiger charge is -2.33. The summed E-state index contributed by atoms with van der Waals surface area (Å²) in [6.45, 7) is 6.30. The highest BCUT2D eigenvalue weighted by molar-refractivity contribution is 7.13. The lowest BCUT2D eigenvalue weighted by molar-refractivity contribution is 0.164. The quantitative estimate of drug-likeness (QED) is 0.911. The summed E-state index contributed by atoms with van der Waals surface area (Å²) in [5.74, 6) is 1.48. The van der Waals surface area contributed by atoms with Crippen LogP contribution in [-0.2, 0) is 6.54 Å². The van der Waals surface area contributed by atoms with Gasteiger partial charge in [-0.2, -0.15) is 0 Å². The number of nitrogens with one attached hydrogen (secondary N) is 1. The predicted molar refractivity (Wildman–Crippen MR) is 93.4 cm³/mol. The first kappa shape index (κ1) is 16.2. The van der Waals surface area contributed by atoms with E-state index in [1.165, 1.54) is 0 Å². The van der Waals surface area contributed by atoms with E-state index in [2.05, 4.69) is 22.5 Å². The van der Waals surface area contributed by atoms with Crippen molar-refractivity contribution in [2.75, 3.05) is 33.9 Å². The average molecular weight is 333 g/mol. The van der Waals surface area contributed by atoms with E-state index in [4.69, 9.17) is 14.5 Å². The summed E-state index contributed by atoms with van der Waals surface area (Å²) in [6, 6.07) is 6.44. The van der Waals surface area contributed by atoms with Crippen molar-refractivity contribution < 1.29 is 9.47 Å². The van der Waals surface area contributed by atoms with Gasteiger partial charge in [-0.3, -0.25) is 4.90 Å². The molecule has 0 saturated carbocycles. The summed E-state index contributed by atoms with van der Waals surface area (Å²) in [7, 11) is 3.32. The Morgan fingerprint density at radius 1 is 1.35 bits per heavy atom. The van der Waals surface area contributed by atoms with Crippen molar-refractivity contribution >= 4 is 11.3 Å². The summed E-state index contributed by atoms with van der Waals surface area (Å²) in [4.78, 5) is 7.28. The highest BCUT2D eigenvalue weighted by atomic mass is 32.1. The number of benzene rings is 1. The molecule has 1 N–H and O–H groups in total. The monoisotopic (exact) mass is 333 g/mol. The number of nitrogens with zero attached hydrogens (tertiary/aromatic N) is 2. The van der Waals surface area contributed by atoms with E-state index in [0.29, 0.717) is 6.04 Å². The van der Waals surface area contributed by atoms with Crippen LogP contribution in [0.4, 0.5) is 0 Å². The van der Waals surface area contributed by atoms with E-state index in [9.17, 15) is 0 Å². The van der Waals surface area contributed by atoms with Gasteiger partial charge in [0.2, 0.25) is 0 Å². The Labute approximate surface area is 141 Å². The minimum atomic E-state index is 0.542. The van der Waals surface area contributed by atoms with Crippen molar-refractivity contribution in [3.63, 3.8) is 0 Å². The zero-order valence-electron chi connectivity index (χ0n) is 13.8. The van der Waals surface area contributed by atoms with E-state index in [-0.39, 0.29) is 0 Å². The van der Waals surface area contributed by atoms with Crippen LogP contribution in [0, 0.1) is 0 Å². The van der Waals surface area contributed by atoms with Crippen LogP contribution < -0.4 is 14.8 Å². The van der Waals surface area contributed by atoms with E-state index < -0.39 is 0 Å². The summed E-state index contributed by atoms with van der Waals surface area (Å²) in [5, 5.41) is 6.53. The van der Waals surface area contributed by atoms with E-state index >= 15 is 0 Å². The maximum atomic E-state index is 5.52. The Morgan fingerprint density at radius 2 is 2.22 bits per heavy atom. The van der Waals surface area contributed by atoms with Crippen LogP contribution in [0.2, 0.25) is 0 Å². The first-order valence-corrected chi connectivity index (χ1v) is 8.71. The van der Waals surface area contributed by atoms with Gasteiger partial charge in [0.05, 0.1) is 25.5 Å². The van der Waals surface area contributed by atoms with Crippen molar-refractivity contribution in [3.05, 3.63) is 29.3 Å². The number of ether oxygens (including phenoxy) is 2. The van der Waals surface area contributed by atoms with Crippen LogP contribution in [0.1, 0.15) is 12.6 Å². The first-order chi connectivity index (χ1) is 11.2. The number of rotatable bonds is 5. The number of para-hydroxylation sites is 1. The van der Waals surface area contributed by atoms with Gasteiger partial charge in [-0.05, 0) is 19.1 Å². The smallest absolute Gasteiger partial charge is 0.170 e. The van der Waals surface area contributed by atoms with Crippen molar-refractivity contribution in [2.45, 2.75) is 19.5 Å². The third-order valence-electron chi connectivity index (χ3n) is 4.19. The van der Waals surface area contributed by atoms with Crippen LogP contribution in [0.25, 0.3) is 10.6 Å². The second-order valence-electron chi connectivity index (χ2n) is 5.71. The molecule has 1 saturated heterocycles. The molecule has 124 valence electrons. The summed E-state index contributed by atoms with van der Waals surface area (Å²) in [5.41, 5.74) is 2.10. The van der Waals surface area contributed by atoms with Gasteiger partial charge in [-0.15, -0.1) is 11.3 Å². The Hall–Kier alpha value is -1.63. The minimum Gasteiger partial charge on any atom is -0.493 e. The van der Waals surface area contributed by atoms with Gasteiger partial charge < -0.3 is 14.8 Å². The number of piperazine rings is 1. The second-order valence-corrected chi connectivity index (χ2v) is 6.57. The standard InChI is InChI=1S/C17H23N3O2S/c1-12-9-18-7-8-20(12)10-13-11-23-17(19-13)14-5-4-6-15(21-2)16(14)22-3/h4-6,11-12,18H,7-10H2,1-3H3/t12-/m1/s1. The number of hydrogen-bond acceptors (Lipinski definition) is 6. The van der Waals surface area contributed by atoms with Crippen LogP contribution in [0.3, 0.4) is 0 Å². The number of methoxy groups -OCH3 is 2. The maximum Gasteiger partial charge on any atom is 0.170 e. The number of aromatic nitrogens is 1. The second kappa shape index (κ2) is 7.29. The maximum absolute atomic E-state index is 5.52. The van der Waals surface area contributed by atoms with Crippen molar-refractivity contribution in [2.24, 2.45) is 0 Å². The van der Waals surface area contributed by atoms with Crippen LogP contribution in [0.5, 0.6) is 11.5 Å². The van der Waals surface area contributed by atoms with Gasteiger partial charge in [0.15, 0.2) is 11.5 Å². The van der Waals surface area contributed by atoms with Crippen molar-refractivity contribution in [1.82, 2.24) is 15.2 Å². The van der Waals surface area contributed by atoms with Crippen LogP contribution in [-0.4, -0.2) is 49.8 Å². The fraction of sp³-hybridized carbons (Fsp3) is 0.471. The largest absolute Gasteiger partial charge is 0.493 e. The fourth-order valence-electron chi connectivity index (χ4n) is 2.88. The normalized spacial score (nSPS) is 18.8. The van der Waals surface area contributed by atoms with E-state index in [0.717, 1.165) is 53.9 Å². The summed E-state index contributed by atoms with van der Waals surface area (Å²) < 4.78 is 10.9. The molecule has 0 aliphatic carbocycles. The molecule has 5 nitrogen and oxygen atoms in total. The molecule has 0 amide bonds. The zero-order valence-corrected chi connectivity index (χ0v) is 14.7. The lowest BCUT2D eigenvalue weighted by Crippen LogP contribution is -2.49.